The smallest absolute Gasteiger partial charge is 0.262 e. The van der Waals surface area contributed by atoms with Crippen molar-refractivity contribution in [3.8, 4) is 0 Å². The Morgan fingerprint density at radius 2 is 1.67 bits per heavy atom. The number of thioether (sulfide) groups is 1. The Morgan fingerprint density at radius 3 is 2.39 bits per heavy atom. The van der Waals surface area contributed by atoms with Crippen LogP contribution in [0, 0.1) is 13.8 Å². The lowest BCUT2D eigenvalue weighted by molar-refractivity contribution is -0.115. The number of hydrogen-bond acceptors (Lipinski definition) is 4. The highest BCUT2D eigenvalue weighted by atomic mass is 32.2. The highest BCUT2D eigenvalue weighted by Gasteiger charge is 2.26. The first-order chi connectivity index (χ1) is 15.8. The van der Waals surface area contributed by atoms with Crippen LogP contribution < -0.4 is 10.9 Å². The van der Waals surface area contributed by atoms with E-state index >= 15 is 0 Å². The van der Waals surface area contributed by atoms with Gasteiger partial charge in [-0.05, 0) is 62.6 Å². The fourth-order valence-electron chi connectivity index (χ4n) is 3.74. The number of carbonyl (C=O) groups excluding carboxylic acids is 1. The van der Waals surface area contributed by atoms with E-state index in [-0.39, 0.29) is 17.5 Å². The average molecular weight is 458 g/mol. The molecule has 0 bridgehead atoms. The van der Waals surface area contributed by atoms with Crippen molar-refractivity contribution in [1.29, 1.82) is 0 Å². The van der Waals surface area contributed by atoms with Gasteiger partial charge in [-0.25, -0.2) is 4.98 Å². The van der Waals surface area contributed by atoms with Gasteiger partial charge in [-0.15, -0.1) is 0 Å². The molecule has 0 aliphatic heterocycles. The summed E-state index contributed by atoms with van der Waals surface area (Å²) < 4.78 is 1.67. The van der Waals surface area contributed by atoms with Crippen LogP contribution in [0.25, 0.3) is 10.9 Å². The molecule has 1 aromatic heterocycles. The first-order valence-corrected chi connectivity index (χ1v) is 11.8. The molecule has 0 aliphatic carbocycles. The molecule has 4 rings (SSSR count). The van der Waals surface area contributed by atoms with E-state index in [0.717, 1.165) is 22.4 Å². The highest BCUT2D eigenvalue weighted by molar-refractivity contribution is 8.00. The number of hydrogen-bond donors (Lipinski definition) is 1. The lowest BCUT2D eigenvalue weighted by Gasteiger charge is -2.21. The van der Waals surface area contributed by atoms with Crippen LogP contribution in [0.15, 0.2) is 82.7 Å². The van der Waals surface area contributed by atoms with Gasteiger partial charge >= 0.3 is 0 Å². The van der Waals surface area contributed by atoms with Crippen LogP contribution in [0.1, 0.15) is 41.8 Å². The van der Waals surface area contributed by atoms with E-state index in [0.29, 0.717) is 16.1 Å². The second kappa shape index (κ2) is 9.63. The van der Waals surface area contributed by atoms with Crippen molar-refractivity contribution in [3.05, 3.63) is 99.8 Å². The Morgan fingerprint density at radius 1 is 0.970 bits per heavy atom. The Labute approximate surface area is 197 Å². The number of nitrogens with zero attached hydrogens (tertiary/aromatic N) is 2. The molecule has 1 amide bonds. The number of aromatic nitrogens is 2. The third-order valence-corrected chi connectivity index (χ3v) is 6.73. The number of para-hydroxylation sites is 1. The third kappa shape index (κ3) is 4.86. The van der Waals surface area contributed by atoms with Crippen LogP contribution in [-0.4, -0.2) is 15.5 Å². The number of carbonyl (C=O) groups is 1. The third-order valence-electron chi connectivity index (χ3n) is 5.51. The number of fused-ring (bicyclic) bond motifs is 1. The summed E-state index contributed by atoms with van der Waals surface area (Å²) in [4.78, 5) is 31.6. The van der Waals surface area contributed by atoms with E-state index < -0.39 is 5.25 Å². The summed E-state index contributed by atoms with van der Waals surface area (Å²) in [5.74, 6) is -0.155. The molecule has 3 aromatic carbocycles. The molecule has 0 radical (unpaired) electrons. The summed E-state index contributed by atoms with van der Waals surface area (Å²) in [5.41, 5.74) is 4.24. The molecule has 0 saturated carbocycles. The van der Waals surface area contributed by atoms with E-state index in [1.165, 1.54) is 11.8 Å². The van der Waals surface area contributed by atoms with Crippen molar-refractivity contribution in [2.45, 2.75) is 44.1 Å². The molecule has 4 aromatic rings. The molecular formula is C27H27N3O2S. The number of amides is 1. The maximum Gasteiger partial charge on any atom is 0.262 e. The Balaban J connectivity index is 1.79. The van der Waals surface area contributed by atoms with Gasteiger partial charge in [-0.3, -0.25) is 14.2 Å². The Hall–Kier alpha value is -3.38. The summed E-state index contributed by atoms with van der Waals surface area (Å²) in [6.45, 7) is 7.88. The van der Waals surface area contributed by atoms with Crippen LogP contribution in [0.3, 0.4) is 0 Å². The second-order valence-electron chi connectivity index (χ2n) is 8.40. The first-order valence-electron chi connectivity index (χ1n) is 11.0. The topological polar surface area (TPSA) is 64.0 Å². The van der Waals surface area contributed by atoms with Gasteiger partial charge in [0.25, 0.3) is 5.56 Å². The van der Waals surface area contributed by atoms with Crippen molar-refractivity contribution in [2.75, 3.05) is 5.32 Å². The minimum absolute atomic E-state index is 0.0974. The van der Waals surface area contributed by atoms with Crippen LogP contribution in [0.4, 0.5) is 5.69 Å². The summed E-state index contributed by atoms with van der Waals surface area (Å²) in [6.07, 6.45) is 0. The first kappa shape index (κ1) is 22.8. The zero-order valence-corrected chi connectivity index (χ0v) is 20.0. The largest absolute Gasteiger partial charge is 0.325 e. The Kier molecular flexibility index (Phi) is 6.65. The molecule has 33 heavy (non-hydrogen) atoms. The number of nitrogens with one attached hydrogen (secondary N) is 1. The quantitative estimate of drug-likeness (QED) is 0.282. The summed E-state index contributed by atoms with van der Waals surface area (Å²) in [7, 11) is 0. The minimum Gasteiger partial charge on any atom is -0.325 e. The lowest BCUT2D eigenvalue weighted by Crippen LogP contribution is -2.26. The number of rotatable bonds is 6. The van der Waals surface area contributed by atoms with E-state index in [2.05, 4.69) is 5.32 Å². The number of anilines is 1. The molecule has 0 fully saturated rings. The molecule has 1 heterocycles. The fourth-order valence-corrected chi connectivity index (χ4v) is 4.97. The average Bonchev–Trinajstić information content (AvgIpc) is 2.80. The monoisotopic (exact) mass is 457 g/mol. The molecule has 168 valence electrons. The molecule has 0 saturated heterocycles. The molecule has 1 atom stereocenters. The van der Waals surface area contributed by atoms with Crippen molar-refractivity contribution in [1.82, 2.24) is 9.55 Å². The summed E-state index contributed by atoms with van der Waals surface area (Å²) in [5, 5.41) is 3.62. The van der Waals surface area contributed by atoms with Crippen LogP contribution >= 0.6 is 11.8 Å². The number of aryl methyl sites for hydroxylation is 2. The Bertz CT molecular complexity index is 1360. The molecule has 0 spiro atoms. The van der Waals surface area contributed by atoms with Crippen LogP contribution in [0.5, 0.6) is 0 Å². The number of benzene rings is 3. The zero-order valence-electron chi connectivity index (χ0n) is 19.2. The SMILES string of the molecule is Cc1ccc(C)c(NC(=O)C(Sc2nc3ccccc3c(=O)n2C(C)C)c2ccccc2)c1. The molecule has 1 N–H and O–H groups in total. The molecule has 1 unspecified atom stereocenters. The highest BCUT2D eigenvalue weighted by Crippen LogP contribution is 2.36. The zero-order chi connectivity index (χ0) is 23.5. The molecular weight excluding hydrogens is 430 g/mol. The van der Waals surface area contributed by atoms with Gasteiger partial charge in [-0.2, -0.15) is 0 Å². The van der Waals surface area contributed by atoms with Gasteiger partial charge in [0.2, 0.25) is 5.91 Å². The maximum atomic E-state index is 13.6. The normalized spacial score (nSPS) is 12.2. The molecule has 6 heteroatoms. The van der Waals surface area contributed by atoms with Crippen LogP contribution in [-0.2, 0) is 4.79 Å². The fraction of sp³-hybridized carbons (Fsp3) is 0.222. The van der Waals surface area contributed by atoms with E-state index in [9.17, 15) is 9.59 Å². The van der Waals surface area contributed by atoms with Crippen molar-refractivity contribution >= 4 is 34.3 Å². The molecule has 5 nitrogen and oxygen atoms in total. The van der Waals surface area contributed by atoms with Crippen molar-refractivity contribution in [3.63, 3.8) is 0 Å². The second-order valence-corrected chi connectivity index (χ2v) is 9.47. The lowest BCUT2D eigenvalue weighted by atomic mass is 10.1. The molecule has 0 aliphatic rings. The van der Waals surface area contributed by atoms with Gasteiger partial charge in [-0.1, -0.05) is 66.4 Å². The summed E-state index contributed by atoms with van der Waals surface area (Å²) in [6, 6.07) is 22.8. The minimum atomic E-state index is -0.579. The van der Waals surface area contributed by atoms with Gasteiger partial charge in [0, 0.05) is 11.7 Å². The van der Waals surface area contributed by atoms with E-state index in [4.69, 9.17) is 4.98 Å². The van der Waals surface area contributed by atoms with Crippen molar-refractivity contribution < 1.29 is 4.79 Å². The van der Waals surface area contributed by atoms with Gasteiger partial charge in [0.15, 0.2) is 5.16 Å². The van der Waals surface area contributed by atoms with E-state index in [1.807, 2.05) is 94.4 Å². The van der Waals surface area contributed by atoms with Gasteiger partial charge in [0.05, 0.1) is 10.9 Å². The summed E-state index contributed by atoms with van der Waals surface area (Å²) >= 11 is 1.30. The van der Waals surface area contributed by atoms with E-state index in [1.54, 1.807) is 10.6 Å². The van der Waals surface area contributed by atoms with Gasteiger partial charge in [0.1, 0.15) is 5.25 Å². The standard InChI is InChI=1S/C27H27N3O2S/c1-17(2)30-26(32)21-12-8-9-13-22(21)29-27(30)33-24(20-10-6-5-7-11-20)25(31)28-23-16-18(3)14-15-19(23)4/h5-17,24H,1-4H3,(H,28,31). The van der Waals surface area contributed by atoms with Crippen LogP contribution in [0.2, 0.25) is 0 Å². The van der Waals surface area contributed by atoms with Crippen molar-refractivity contribution in [2.24, 2.45) is 0 Å². The predicted octanol–water partition coefficient (Wildman–Crippen LogP) is 6.07. The van der Waals surface area contributed by atoms with Gasteiger partial charge < -0.3 is 5.32 Å². The maximum absolute atomic E-state index is 13.6. The predicted molar refractivity (Wildman–Crippen MR) is 136 cm³/mol.